The average Bonchev–Trinajstić information content (AvgIpc) is 3.34. The van der Waals surface area contributed by atoms with E-state index in [9.17, 15) is 9.59 Å². The predicted molar refractivity (Wildman–Crippen MR) is 125 cm³/mol. The molecule has 0 fully saturated rings. The molecule has 0 aliphatic rings. The predicted octanol–water partition coefficient (Wildman–Crippen LogP) is 5.40. The van der Waals surface area contributed by atoms with Gasteiger partial charge in [-0.05, 0) is 61.9 Å². The van der Waals surface area contributed by atoms with Crippen LogP contribution in [0.2, 0.25) is 0 Å². The highest BCUT2D eigenvalue weighted by atomic mass is 16.5. The van der Waals surface area contributed by atoms with E-state index in [4.69, 9.17) is 9.15 Å². The summed E-state index contributed by atoms with van der Waals surface area (Å²) in [6.45, 7) is 3.37. The maximum absolute atomic E-state index is 12.8. The van der Waals surface area contributed by atoms with Gasteiger partial charge in [0.2, 0.25) is 5.89 Å². The summed E-state index contributed by atoms with van der Waals surface area (Å²) in [6.07, 6.45) is -0.291. The molecule has 1 unspecified atom stereocenters. The first kappa shape index (κ1) is 22.0. The molecule has 0 saturated heterocycles. The molecule has 0 saturated carbocycles. The Morgan fingerprint density at radius 3 is 2.27 bits per heavy atom. The summed E-state index contributed by atoms with van der Waals surface area (Å²) in [5.41, 5.74) is 2.59. The molecule has 7 nitrogen and oxygen atoms in total. The fraction of sp³-hybridized carbons (Fsp3) is 0.154. The number of para-hydroxylation sites is 1. The number of nitrogens with one attached hydrogen (secondary N) is 1. The van der Waals surface area contributed by atoms with E-state index in [1.807, 2.05) is 55.5 Å². The van der Waals surface area contributed by atoms with Crippen molar-refractivity contribution in [3.8, 4) is 28.7 Å². The fourth-order valence-corrected chi connectivity index (χ4v) is 3.26. The number of rotatable bonds is 8. The molecular weight excluding hydrogens is 418 g/mol. The number of hydrogen-bond acceptors (Lipinski definition) is 6. The van der Waals surface area contributed by atoms with Crippen molar-refractivity contribution >= 4 is 17.4 Å². The normalized spacial score (nSPS) is 11.6. The van der Waals surface area contributed by atoms with Gasteiger partial charge in [0, 0.05) is 16.8 Å². The highest BCUT2D eigenvalue weighted by Gasteiger charge is 2.22. The zero-order valence-electron chi connectivity index (χ0n) is 18.3. The lowest BCUT2D eigenvalue weighted by Gasteiger charge is -2.18. The van der Waals surface area contributed by atoms with Crippen molar-refractivity contribution < 1.29 is 18.7 Å². The van der Waals surface area contributed by atoms with E-state index < -0.39 is 6.10 Å². The molecule has 166 valence electrons. The Morgan fingerprint density at radius 1 is 0.909 bits per heavy atom. The zero-order valence-corrected chi connectivity index (χ0v) is 18.3. The molecule has 0 radical (unpaired) electrons. The number of Topliss-reactive ketones (excluding diaryl/α,β-unsaturated/α-hetero) is 1. The third-order valence-electron chi connectivity index (χ3n) is 5.05. The van der Waals surface area contributed by atoms with Crippen LogP contribution in [0.3, 0.4) is 0 Å². The van der Waals surface area contributed by atoms with Gasteiger partial charge in [-0.1, -0.05) is 37.3 Å². The summed E-state index contributed by atoms with van der Waals surface area (Å²) in [5.74, 6) is 0.850. The number of hydrogen-bond donors (Lipinski definition) is 1. The van der Waals surface area contributed by atoms with Crippen LogP contribution in [0, 0.1) is 0 Å². The maximum atomic E-state index is 12.8. The first-order valence-electron chi connectivity index (χ1n) is 10.6. The van der Waals surface area contributed by atoms with Gasteiger partial charge in [-0.3, -0.25) is 9.59 Å². The molecule has 1 N–H and O–H groups in total. The lowest BCUT2D eigenvalue weighted by molar-refractivity contribution is -0.122. The Hall–Kier alpha value is -4.26. The number of ketones is 1. The first-order chi connectivity index (χ1) is 16.0. The topological polar surface area (TPSA) is 94.3 Å². The van der Waals surface area contributed by atoms with Crippen molar-refractivity contribution in [1.29, 1.82) is 0 Å². The highest BCUT2D eigenvalue weighted by Crippen LogP contribution is 2.32. The van der Waals surface area contributed by atoms with Gasteiger partial charge in [-0.2, -0.15) is 0 Å². The van der Waals surface area contributed by atoms with Gasteiger partial charge in [0.05, 0.1) is 5.56 Å². The van der Waals surface area contributed by atoms with Crippen LogP contribution in [0.25, 0.3) is 22.9 Å². The largest absolute Gasteiger partial charge is 0.480 e. The van der Waals surface area contributed by atoms with Gasteiger partial charge in [0.1, 0.15) is 5.75 Å². The summed E-state index contributed by atoms with van der Waals surface area (Å²) in [5, 5.41) is 11.1. The van der Waals surface area contributed by atoms with Gasteiger partial charge >= 0.3 is 0 Å². The second kappa shape index (κ2) is 9.91. The van der Waals surface area contributed by atoms with E-state index in [-0.39, 0.29) is 11.7 Å². The molecular formula is C26H23N3O4. The lowest BCUT2D eigenvalue weighted by atomic mass is 10.1. The van der Waals surface area contributed by atoms with Crippen molar-refractivity contribution in [1.82, 2.24) is 10.2 Å². The van der Waals surface area contributed by atoms with Crippen LogP contribution in [0.15, 0.2) is 83.3 Å². The molecule has 4 rings (SSSR count). The van der Waals surface area contributed by atoms with Crippen LogP contribution < -0.4 is 10.1 Å². The van der Waals surface area contributed by atoms with Crippen molar-refractivity contribution in [3.05, 3.63) is 84.4 Å². The minimum atomic E-state index is -0.741. The van der Waals surface area contributed by atoms with Crippen LogP contribution in [0.4, 0.5) is 5.69 Å². The molecule has 3 aromatic carbocycles. The van der Waals surface area contributed by atoms with Gasteiger partial charge in [-0.15, -0.1) is 10.2 Å². The lowest BCUT2D eigenvalue weighted by Crippen LogP contribution is -2.32. The van der Waals surface area contributed by atoms with Gasteiger partial charge < -0.3 is 14.5 Å². The minimum Gasteiger partial charge on any atom is -0.480 e. The summed E-state index contributed by atoms with van der Waals surface area (Å²) in [4.78, 5) is 24.3. The number of benzene rings is 3. The summed E-state index contributed by atoms with van der Waals surface area (Å²) in [7, 11) is 0. The monoisotopic (exact) mass is 441 g/mol. The third kappa shape index (κ3) is 5.15. The zero-order chi connectivity index (χ0) is 23.2. The molecule has 0 aliphatic carbocycles. The molecule has 0 spiro atoms. The molecule has 1 aromatic heterocycles. The second-order valence-corrected chi connectivity index (χ2v) is 7.41. The molecule has 33 heavy (non-hydrogen) atoms. The third-order valence-corrected chi connectivity index (χ3v) is 5.05. The number of aromatic nitrogens is 2. The van der Waals surface area contributed by atoms with Crippen molar-refractivity contribution in [2.24, 2.45) is 0 Å². The van der Waals surface area contributed by atoms with Crippen LogP contribution in [-0.4, -0.2) is 28.0 Å². The van der Waals surface area contributed by atoms with Crippen molar-refractivity contribution in [2.75, 3.05) is 5.32 Å². The number of anilines is 1. The Morgan fingerprint density at radius 2 is 1.58 bits per heavy atom. The van der Waals surface area contributed by atoms with Gasteiger partial charge in [-0.25, -0.2) is 0 Å². The van der Waals surface area contributed by atoms with Gasteiger partial charge in [0.15, 0.2) is 11.9 Å². The van der Waals surface area contributed by atoms with Crippen LogP contribution in [0.5, 0.6) is 5.75 Å². The van der Waals surface area contributed by atoms with E-state index in [0.29, 0.717) is 40.8 Å². The van der Waals surface area contributed by atoms with Crippen LogP contribution in [-0.2, 0) is 4.79 Å². The number of carbonyl (C=O) groups is 2. The minimum absolute atomic E-state index is 0.0318. The second-order valence-electron chi connectivity index (χ2n) is 7.41. The van der Waals surface area contributed by atoms with Crippen molar-refractivity contribution in [2.45, 2.75) is 26.4 Å². The molecule has 1 heterocycles. The number of carbonyl (C=O) groups excluding carboxylic acids is 2. The van der Waals surface area contributed by atoms with E-state index in [1.165, 1.54) is 6.92 Å². The van der Waals surface area contributed by atoms with Crippen molar-refractivity contribution in [3.63, 3.8) is 0 Å². The Labute approximate surface area is 191 Å². The number of nitrogens with zero attached hydrogens (tertiary/aromatic N) is 2. The average molecular weight is 441 g/mol. The quantitative estimate of drug-likeness (QED) is 0.368. The SMILES string of the molecule is CCC(Oc1ccccc1-c1nnc(-c2ccccc2)o1)C(=O)Nc1ccc(C(C)=O)cc1. The molecule has 0 aliphatic heterocycles. The van der Waals surface area contributed by atoms with E-state index in [1.54, 1.807) is 30.3 Å². The Bertz CT molecular complexity index is 1250. The van der Waals surface area contributed by atoms with E-state index in [0.717, 1.165) is 5.56 Å². The summed E-state index contributed by atoms with van der Waals surface area (Å²) >= 11 is 0. The first-order valence-corrected chi connectivity index (χ1v) is 10.6. The van der Waals surface area contributed by atoms with Crippen LogP contribution >= 0.6 is 0 Å². The number of amides is 1. The number of ether oxygens (including phenoxy) is 1. The standard InChI is InChI=1S/C26H23N3O4/c1-3-22(24(31)27-20-15-13-18(14-16-20)17(2)30)32-23-12-8-7-11-21(23)26-29-28-25(33-26)19-9-5-4-6-10-19/h4-16,22H,3H2,1-2H3,(H,27,31). The van der Waals surface area contributed by atoms with Gasteiger partial charge in [0.25, 0.3) is 11.8 Å². The molecule has 1 atom stereocenters. The Kier molecular flexibility index (Phi) is 6.59. The highest BCUT2D eigenvalue weighted by molar-refractivity contribution is 5.97. The smallest absolute Gasteiger partial charge is 0.265 e. The maximum Gasteiger partial charge on any atom is 0.265 e. The van der Waals surface area contributed by atoms with E-state index >= 15 is 0 Å². The summed E-state index contributed by atoms with van der Waals surface area (Å²) < 4.78 is 11.9. The molecule has 1 amide bonds. The van der Waals surface area contributed by atoms with Crippen LogP contribution in [0.1, 0.15) is 30.6 Å². The molecule has 4 aromatic rings. The molecule has 0 bridgehead atoms. The van der Waals surface area contributed by atoms with E-state index in [2.05, 4.69) is 15.5 Å². The summed E-state index contributed by atoms with van der Waals surface area (Å²) in [6, 6.07) is 23.5. The Balaban J connectivity index is 1.52. The fourth-order valence-electron chi connectivity index (χ4n) is 3.26. The molecule has 7 heteroatoms.